The number of benzene rings is 1. The summed E-state index contributed by atoms with van der Waals surface area (Å²) in [6, 6.07) is 7.13. The van der Waals surface area contributed by atoms with E-state index in [1.807, 2.05) is 18.4 Å². The first-order valence-electron chi connectivity index (χ1n) is 5.08. The Labute approximate surface area is 98.6 Å². The summed E-state index contributed by atoms with van der Waals surface area (Å²) in [5.41, 5.74) is 4.01. The SMILES string of the molecule is CSCCN1NC(O)c2ccccc2C1=O. The van der Waals surface area contributed by atoms with Crippen molar-refractivity contribution in [1.82, 2.24) is 10.4 Å². The third-order valence-electron chi connectivity index (χ3n) is 2.53. The van der Waals surface area contributed by atoms with Crippen molar-refractivity contribution in [2.45, 2.75) is 6.23 Å². The second-order valence-corrected chi connectivity index (χ2v) is 4.55. The van der Waals surface area contributed by atoms with E-state index in [2.05, 4.69) is 5.43 Å². The summed E-state index contributed by atoms with van der Waals surface area (Å²) in [6.07, 6.45) is 1.19. The third-order valence-corrected chi connectivity index (χ3v) is 3.12. The zero-order chi connectivity index (χ0) is 11.5. The Morgan fingerprint density at radius 3 is 3.00 bits per heavy atom. The predicted octanol–water partition coefficient (Wildman–Crippen LogP) is 1.00. The van der Waals surface area contributed by atoms with E-state index in [0.29, 0.717) is 17.7 Å². The zero-order valence-electron chi connectivity index (χ0n) is 9.01. The van der Waals surface area contributed by atoms with Crippen molar-refractivity contribution in [3.63, 3.8) is 0 Å². The Hall–Kier alpha value is -1.04. The van der Waals surface area contributed by atoms with E-state index >= 15 is 0 Å². The number of hydrogen-bond donors (Lipinski definition) is 2. The number of hydrogen-bond acceptors (Lipinski definition) is 4. The van der Waals surface area contributed by atoms with Crippen molar-refractivity contribution >= 4 is 17.7 Å². The van der Waals surface area contributed by atoms with E-state index in [0.717, 1.165) is 5.75 Å². The first-order valence-corrected chi connectivity index (χ1v) is 6.47. The van der Waals surface area contributed by atoms with Crippen molar-refractivity contribution in [2.75, 3.05) is 18.6 Å². The highest BCUT2D eigenvalue weighted by Crippen LogP contribution is 2.22. The van der Waals surface area contributed by atoms with Crippen LogP contribution in [0.25, 0.3) is 0 Å². The van der Waals surface area contributed by atoms with Gasteiger partial charge in [0, 0.05) is 23.4 Å². The molecule has 0 saturated heterocycles. The first kappa shape index (κ1) is 11.4. The van der Waals surface area contributed by atoms with Crippen LogP contribution in [0.5, 0.6) is 0 Å². The van der Waals surface area contributed by atoms with Gasteiger partial charge in [-0.05, 0) is 12.3 Å². The van der Waals surface area contributed by atoms with E-state index < -0.39 is 6.23 Å². The average molecular weight is 238 g/mol. The van der Waals surface area contributed by atoms with Gasteiger partial charge in [0.25, 0.3) is 5.91 Å². The second kappa shape index (κ2) is 4.86. The number of aliphatic hydroxyl groups is 1. The molecule has 1 aromatic carbocycles. The number of nitrogens with zero attached hydrogens (tertiary/aromatic N) is 1. The number of carbonyl (C=O) groups excluding carboxylic acids is 1. The molecule has 1 unspecified atom stereocenters. The van der Waals surface area contributed by atoms with Gasteiger partial charge in [-0.15, -0.1) is 0 Å². The molecule has 2 N–H and O–H groups in total. The summed E-state index contributed by atoms with van der Waals surface area (Å²) in [4.78, 5) is 12.0. The molecule has 0 bridgehead atoms. The first-order chi connectivity index (χ1) is 7.74. The lowest BCUT2D eigenvalue weighted by molar-refractivity contribution is 0.0191. The van der Waals surface area contributed by atoms with E-state index in [-0.39, 0.29) is 5.91 Å². The molecule has 0 aliphatic carbocycles. The van der Waals surface area contributed by atoms with Gasteiger partial charge in [0.2, 0.25) is 0 Å². The Bertz CT molecular complexity index is 397. The Morgan fingerprint density at radius 2 is 2.25 bits per heavy atom. The minimum atomic E-state index is -0.796. The van der Waals surface area contributed by atoms with Crippen LogP contribution in [0.1, 0.15) is 22.1 Å². The molecule has 0 saturated carbocycles. The van der Waals surface area contributed by atoms with Gasteiger partial charge in [-0.25, -0.2) is 0 Å². The van der Waals surface area contributed by atoms with E-state index in [1.54, 1.807) is 23.9 Å². The maximum absolute atomic E-state index is 12.0. The zero-order valence-corrected chi connectivity index (χ0v) is 9.83. The van der Waals surface area contributed by atoms with Gasteiger partial charge >= 0.3 is 0 Å². The van der Waals surface area contributed by atoms with Crippen molar-refractivity contribution in [2.24, 2.45) is 0 Å². The van der Waals surface area contributed by atoms with Crippen molar-refractivity contribution in [3.8, 4) is 0 Å². The number of hydrazine groups is 1. The average Bonchev–Trinajstić information content (AvgIpc) is 2.32. The topological polar surface area (TPSA) is 52.6 Å². The van der Waals surface area contributed by atoms with Crippen LogP contribution in [0.4, 0.5) is 0 Å². The van der Waals surface area contributed by atoms with Crippen LogP contribution >= 0.6 is 11.8 Å². The fraction of sp³-hybridized carbons (Fsp3) is 0.364. The van der Waals surface area contributed by atoms with Gasteiger partial charge in [-0.2, -0.15) is 17.2 Å². The third kappa shape index (κ3) is 2.07. The summed E-state index contributed by atoms with van der Waals surface area (Å²) >= 11 is 1.66. The van der Waals surface area contributed by atoms with Crippen LogP contribution in [0.2, 0.25) is 0 Å². The molecule has 5 heteroatoms. The molecule has 86 valence electrons. The minimum absolute atomic E-state index is 0.0741. The van der Waals surface area contributed by atoms with Gasteiger partial charge in [0.05, 0.1) is 0 Å². The molecule has 0 radical (unpaired) electrons. The highest BCUT2D eigenvalue weighted by atomic mass is 32.2. The van der Waals surface area contributed by atoms with Crippen LogP contribution in [0.15, 0.2) is 24.3 Å². The predicted molar refractivity (Wildman–Crippen MR) is 64.0 cm³/mol. The summed E-state index contributed by atoms with van der Waals surface area (Å²) in [7, 11) is 0. The molecule has 0 spiro atoms. The maximum Gasteiger partial charge on any atom is 0.268 e. The summed E-state index contributed by atoms with van der Waals surface area (Å²) in [5.74, 6) is 0.767. The van der Waals surface area contributed by atoms with Gasteiger partial charge in [-0.1, -0.05) is 18.2 Å². The van der Waals surface area contributed by atoms with E-state index in [1.165, 1.54) is 5.01 Å². The summed E-state index contributed by atoms with van der Waals surface area (Å²) in [6.45, 7) is 0.589. The smallest absolute Gasteiger partial charge is 0.268 e. The molecule has 2 rings (SSSR count). The summed E-state index contributed by atoms with van der Waals surface area (Å²) in [5, 5.41) is 11.3. The van der Waals surface area contributed by atoms with E-state index in [9.17, 15) is 9.90 Å². The molecular weight excluding hydrogens is 224 g/mol. The van der Waals surface area contributed by atoms with Crippen LogP contribution in [0.3, 0.4) is 0 Å². The van der Waals surface area contributed by atoms with Gasteiger partial charge in [0.15, 0.2) is 0 Å². The van der Waals surface area contributed by atoms with Crippen LogP contribution in [-0.4, -0.2) is 34.6 Å². The van der Waals surface area contributed by atoms with Crippen molar-refractivity contribution < 1.29 is 9.90 Å². The van der Waals surface area contributed by atoms with Gasteiger partial charge in [0.1, 0.15) is 6.23 Å². The van der Waals surface area contributed by atoms with Crippen LogP contribution in [0, 0.1) is 0 Å². The number of fused-ring (bicyclic) bond motifs is 1. The molecule has 0 aromatic heterocycles. The number of aliphatic hydroxyl groups excluding tert-OH is 1. The lowest BCUT2D eigenvalue weighted by Gasteiger charge is -2.32. The van der Waals surface area contributed by atoms with Crippen LogP contribution < -0.4 is 5.43 Å². The minimum Gasteiger partial charge on any atom is -0.373 e. The fourth-order valence-corrected chi connectivity index (χ4v) is 2.07. The molecule has 1 amide bonds. The van der Waals surface area contributed by atoms with Crippen molar-refractivity contribution in [3.05, 3.63) is 35.4 Å². The molecule has 4 nitrogen and oxygen atoms in total. The van der Waals surface area contributed by atoms with Crippen molar-refractivity contribution in [1.29, 1.82) is 0 Å². The van der Waals surface area contributed by atoms with E-state index in [4.69, 9.17) is 0 Å². The largest absolute Gasteiger partial charge is 0.373 e. The maximum atomic E-state index is 12.0. The second-order valence-electron chi connectivity index (χ2n) is 3.57. The fourth-order valence-electron chi connectivity index (χ4n) is 1.70. The normalized spacial score (nSPS) is 19.8. The lowest BCUT2D eigenvalue weighted by atomic mass is 10.0. The Balaban J connectivity index is 2.24. The molecule has 1 heterocycles. The monoisotopic (exact) mass is 238 g/mol. The molecule has 1 aliphatic rings. The van der Waals surface area contributed by atoms with Gasteiger partial charge < -0.3 is 5.11 Å². The lowest BCUT2D eigenvalue weighted by Crippen LogP contribution is -2.50. The highest BCUT2D eigenvalue weighted by Gasteiger charge is 2.28. The molecule has 0 fully saturated rings. The molecule has 1 aliphatic heterocycles. The molecule has 1 atom stereocenters. The molecular formula is C11H14N2O2S. The number of rotatable bonds is 3. The Kier molecular flexibility index (Phi) is 3.48. The number of nitrogens with one attached hydrogen (secondary N) is 1. The standard InChI is InChI=1S/C11H14N2O2S/c1-16-7-6-13-11(15)9-5-3-2-4-8(9)10(14)12-13/h2-5,10,12,14H,6-7H2,1H3. The van der Waals surface area contributed by atoms with Crippen LogP contribution in [-0.2, 0) is 0 Å². The molecule has 1 aromatic rings. The highest BCUT2D eigenvalue weighted by molar-refractivity contribution is 7.98. The number of carbonyl (C=O) groups is 1. The number of thioether (sulfide) groups is 1. The number of amides is 1. The molecule has 16 heavy (non-hydrogen) atoms. The quantitative estimate of drug-likeness (QED) is 0.825. The Morgan fingerprint density at radius 1 is 1.50 bits per heavy atom. The van der Waals surface area contributed by atoms with Gasteiger partial charge in [-0.3, -0.25) is 9.80 Å². The summed E-state index contributed by atoms with van der Waals surface area (Å²) < 4.78 is 0.